The number of hydrogen-bond donors (Lipinski definition) is 1. The molecular formula is C20H20N2O4S2. The smallest absolute Gasteiger partial charge is 0.321 e. The molecule has 0 unspecified atom stereocenters. The van der Waals surface area contributed by atoms with Crippen molar-refractivity contribution in [1.29, 1.82) is 0 Å². The van der Waals surface area contributed by atoms with Crippen LogP contribution in [0.15, 0.2) is 58.8 Å². The minimum atomic E-state index is -3.77. The van der Waals surface area contributed by atoms with E-state index < -0.39 is 22.5 Å². The summed E-state index contributed by atoms with van der Waals surface area (Å²) in [7, 11) is -3.77. The van der Waals surface area contributed by atoms with Gasteiger partial charge in [-0.2, -0.15) is 4.72 Å². The largest absolute Gasteiger partial charge is 0.458 e. The van der Waals surface area contributed by atoms with Gasteiger partial charge in [-0.3, -0.25) is 4.79 Å². The average Bonchev–Trinajstić information content (AvgIpc) is 3.16. The van der Waals surface area contributed by atoms with E-state index in [1.165, 1.54) is 17.4 Å². The SMILES string of the molecule is Cc1ccc(S(=O)(=O)NCC(=O)OCc2csc(-c3ccccc3)n2)cc1C. The second-order valence-corrected chi connectivity index (χ2v) is 8.87. The number of benzene rings is 2. The molecule has 8 heteroatoms. The van der Waals surface area contributed by atoms with Gasteiger partial charge in [0.15, 0.2) is 0 Å². The molecule has 0 aliphatic carbocycles. The zero-order valence-electron chi connectivity index (χ0n) is 15.5. The first kappa shape index (κ1) is 20.2. The fourth-order valence-corrected chi connectivity index (χ4v) is 4.27. The van der Waals surface area contributed by atoms with Gasteiger partial charge < -0.3 is 4.74 Å². The molecule has 0 aliphatic rings. The summed E-state index contributed by atoms with van der Waals surface area (Å²) in [6, 6.07) is 14.5. The lowest BCUT2D eigenvalue weighted by atomic mass is 10.1. The lowest BCUT2D eigenvalue weighted by molar-refractivity contribution is -0.143. The monoisotopic (exact) mass is 416 g/mol. The van der Waals surface area contributed by atoms with Crippen molar-refractivity contribution in [2.24, 2.45) is 0 Å². The summed E-state index contributed by atoms with van der Waals surface area (Å²) in [6.45, 7) is 3.29. The average molecular weight is 417 g/mol. The molecule has 1 heterocycles. The van der Waals surface area contributed by atoms with Crippen LogP contribution in [0.5, 0.6) is 0 Å². The zero-order chi connectivity index (χ0) is 20.1. The summed E-state index contributed by atoms with van der Waals surface area (Å²) < 4.78 is 32.0. The second kappa shape index (κ2) is 8.64. The molecule has 0 saturated heterocycles. The molecule has 146 valence electrons. The third-order valence-corrected chi connectivity index (χ3v) is 6.49. The summed E-state index contributed by atoms with van der Waals surface area (Å²) in [5.74, 6) is -0.665. The Morgan fingerprint density at radius 1 is 1.11 bits per heavy atom. The second-order valence-electron chi connectivity index (χ2n) is 6.24. The Morgan fingerprint density at radius 3 is 2.57 bits per heavy atom. The van der Waals surface area contributed by atoms with Crippen molar-refractivity contribution in [1.82, 2.24) is 9.71 Å². The van der Waals surface area contributed by atoms with Gasteiger partial charge in [-0.15, -0.1) is 11.3 Å². The Kier molecular flexibility index (Phi) is 6.23. The van der Waals surface area contributed by atoms with Crippen LogP contribution in [-0.4, -0.2) is 25.9 Å². The standard InChI is InChI=1S/C20H20N2O4S2/c1-14-8-9-18(10-15(14)2)28(24,25)21-11-19(23)26-12-17-13-27-20(22-17)16-6-4-3-5-7-16/h3-10,13,21H,11-12H2,1-2H3. The molecule has 6 nitrogen and oxygen atoms in total. The molecule has 2 aromatic carbocycles. The van der Waals surface area contributed by atoms with Gasteiger partial charge in [-0.25, -0.2) is 13.4 Å². The van der Waals surface area contributed by atoms with Crippen molar-refractivity contribution in [2.45, 2.75) is 25.3 Å². The fourth-order valence-electron chi connectivity index (χ4n) is 2.41. The van der Waals surface area contributed by atoms with Gasteiger partial charge in [0.2, 0.25) is 10.0 Å². The van der Waals surface area contributed by atoms with Gasteiger partial charge in [0.25, 0.3) is 0 Å². The molecule has 0 fully saturated rings. The highest BCUT2D eigenvalue weighted by Crippen LogP contribution is 2.23. The number of rotatable bonds is 7. The predicted molar refractivity (Wildman–Crippen MR) is 108 cm³/mol. The van der Waals surface area contributed by atoms with E-state index in [-0.39, 0.29) is 11.5 Å². The number of hydrogen-bond acceptors (Lipinski definition) is 6. The minimum absolute atomic E-state index is 0.00641. The number of thiazole rings is 1. The molecule has 28 heavy (non-hydrogen) atoms. The lowest BCUT2D eigenvalue weighted by Crippen LogP contribution is -2.30. The van der Waals surface area contributed by atoms with Crippen molar-refractivity contribution in [3.8, 4) is 10.6 Å². The lowest BCUT2D eigenvalue weighted by Gasteiger charge is -2.08. The Balaban J connectivity index is 1.53. The molecule has 0 radical (unpaired) electrons. The highest BCUT2D eigenvalue weighted by molar-refractivity contribution is 7.89. The number of carbonyl (C=O) groups is 1. The molecule has 3 aromatic rings. The maximum atomic E-state index is 12.3. The van der Waals surface area contributed by atoms with Gasteiger partial charge in [0.05, 0.1) is 10.6 Å². The van der Waals surface area contributed by atoms with Crippen LogP contribution in [0.4, 0.5) is 0 Å². The number of ether oxygens (including phenoxy) is 1. The topological polar surface area (TPSA) is 85.4 Å². The maximum Gasteiger partial charge on any atom is 0.321 e. The van der Waals surface area contributed by atoms with Gasteiger partial charge >= 0.3 is 5.97 Å². The van der Waals surface area contributed by atoms with E-state index in [4.69, 9.17) is 4.74 Å². The predicted octanol–water partition coefficient (Wildman–Crippen LogP) is 3.45. The Labute approximate surface area is 168 Å². The summed E-state index contributed by atoms with van der Waals surface area (Å²) in [5, 5.41) is 2.65. The molecular weight excluding hydrogens is 396 g/mol. The zero-order valence-corrected chi connectivity index (χ0v) is 17.1. The van der Waals surface area contributed by atoms with Gasteiger partial charge in [-0.05, 0) is 37.1 Å². The summed E-state index contributed by atoms with van der Waals surface area (Å²) >= 11 is 1.46. The number of esters is 1. The van der Waals surface area contributed by atoms with Gasteiger partial charge in [0, 0.05) is 10.9 Å². The highest BCUT2D eigenvalue weighted by Gasteiger charge is 2.17. The summed E-state index contributed by atoms with van der Waals surface area (Å²) in [5.41, 5.74) is 3.47. The molecule has 1 aromatic heterocycles. The molecule has 3 rings (SSSR count). The minimum Gasteiger partial charge on any atom is -0.458 e. The van der Waals surface area contributed by atoms with Crippen LogP contribution in [0.25, 0.3) is 10.6 Å². The third-order valence-electron chi connectivity index (χ3n) is 4.15. The first-order valence-electron chi connectivity index (χ1n) is 8.57. The first-order chi connectivity index (χ1) is 13.3. The van der Waals surface area contributed by atoms with E-state index in [1.54, 1.807) is 12.1 Å². The van der Waals surface area contributed by atoms with Gasteiger partial charge in [-0.1, -0.05) is 36.4 Å². The van der Waals surface area contributed by atoms with E-state index in [9.17, 15) is 13.2 Å². The molecule has 0 aliphatic heterocycles. The van der Waals surface area contributed by atoms with Crippen LogP contribution in [0.3, 0.4) is 0 Å². The Bertz CT molecular complexity index is 1080. The van der Waals surface area contributed by atoms with Crippen LogP contribution in [0.1, 0.15) is 16.8 Å². The normalized spacial score (nSPS) is 11.4. The first-order valence-corrected chi connectivity index (χ1v) is 10.9. The highest BCUT2D eigenvalue weighted by atomic mass is 32.2. The summed E-state index contributed by atoms with van der Waals surface area (Å²) in [6.07, 6.45) is 0. The molecule has 0 saturated carbocycles. The van der Waals surface area contributed by atoms with Gasteiger partial charge in [0.1, 0.15) is 18.2 Å². The maximum absolute atomic E-state index is 12.3. The molecule has 1 N–H and O–H groups in total. The number of aromatic nitrogens is 1. The van der Waals surface area contributed by atoms with Crippen molar-refractivity contribution >= 4 is 27.3 Å². The van der Waals surface area contributed by atoms with Crippen molar-refractivity contribution in [2.75, 3.05) is 6.54 Å². The number of sulfonamides is 1. The fraction of sp³-hybridized carbons (Fsp3) is 0.200. The van der Waals surface area contributed by atoms with E-state index in [1.807, 2.05) is 49.6 Å². The van der Waals surface area contributed by atoms with Crippen LogP contribution >= 0.6 is 11.3 Å². The Morgan fingerprint density at radius 2 is 1.86 bits per heavy atom. The molecule has 0 bridgehead atoms. The van der Waals surface area contributed by atoms with E-state index in [0.29, 0.717) is 5.69 Å². The van der Waals surface area contributed by atoms with Crippen LogP contribution in [-0.2, 0) is 26.2 Å². The third kappa shape index (κ3) is 5.03. The van der Waals surface area contributed by atoms with Crippen LogP contribution in [0, 0.1) is 13.8 Å². The summed E-state index contributed by atoms with van der Waals surface area (Å²) in [4.78, 5) is 16.5. The van der Waals surface area contributed by atoms with Crippen molar-refractivity contribution < 1.29 is 17.9 Å². The molecule has 0 atom stereocenters. The number of nitrogens with one attached hydrogen (secondary N) is 1. The molecule has 0 spiro atoms. The van der Waals surface area contributed by atoms with Crippen molar-refractivity contribution in [3.05, 3.63) is 70.7 Å². The Hall–Kier alpha value is -2.55. The van der Waals surface area contributed by atoms with E-state index in [2.05, 4.69) is 9.71 Å². The molecule has 0 amide bonds. The van der Waals surface area contributed by atoms with E-state index >= 15 is 0 Å². The number of aryl methyl sites for hydroxylation is 2. The number of nitrogens with zero attached hydrogens (tertiary/aromatic N) is 1. The number of carbonyl (C=O) groups excluding carboxylic acids is 1. The van der Waals surface area contributed by atoms with E-state index in [0.717, 1.165) is 21.7 Å². The van der Waals surface area contributed by atoms with Crippen LogP contribution in [0.2, 0.25) is 0 Å². The van der Waals surface area contributed by atoms with Crippen LogP contribution < -0.4 is 4.72 Å². The quantitative estimate of drug-likeness (QED) is 0.596. The van der Waals surface area contributed by atoms with Crippen molar-refractivity contribution in [3.63, 3.8) is 0 Å².